The van der Waals surface area contributed by atoms with E-state index in [0.29, 0.717) is 28.3 Å². The third kappa shape index (κ3) is 4.96. The summed E-state index contributed by atoms with van der Waals surface area (Å²) in [6, 6.07) is 29.7. The normalized spacial score (nSPS) is 11.9. The van der Waals surface area contributed by atoms with E-state index < -0.39 is 5.82 Å². The summed E-state index contributed by atoms with van der Waals surface area (Å²) in [6.07, 6.45) is 1.65. The number of aryl methyl sites for hydroxylation is 1. The van der Waals surface area contributed by atoms with Gasteiger partial charge in [0.15, 0.2) is 5.65 Å². The van der Waals surface area contributed by atoms with Crippen LogP contribution < -0.4 is 5.32 Å². The van der Waals surface area contributed by atoms with Gasteiger partial charge in [-0.25, -0.2) is 13.9 Å². The third-order valence-corrected chi connectivity index (χ3v) is 5.97. The van der Waals surface area contributed by atoms with Gasteiger partial charge in [0.1, 0.15) is 11.5 Å². The van der Waals surface area contributed by atoms with E-state index in [9.17, 15) is 9.18 Å². The lowest BCUT2D eigenvalue weighted by Crippen LogP contribution is -2.34. The second kappa shape index (κ2) is 9.89. The first-order valence-corrected chi connectivity index (χ1v) is 11.6. The molecule has 35 heavy (non-hydrogen) atoms. The summed E-state index contributed by atoms with van der Waals surface area (Å²) >= 11 is 0. The van der Waals surface area contributed by atoms with Crippen molar-refractivity contribution >= 4 is 11.6 Å². The van der Waals surface area contributed by atoms with Crippen molar-refractivity contribution < 1.29 is 9.18 Å². The number of hydrogen-bond donors (Lipinski definition) is 1. The summed E-state index contributed by atoms with van der Waals surface area (Å²) in [5, 5.41) is 7.74. The maximum Gasteiger partial charge on any atom is 0.270 e. The second-order valence-corrected chi connectivity index (χ2v) is 8.57. The van der Waals surface area contributed by atoms with Crippen molar-refractivity contribution in [1.29, 1.82) is 0 Å². The van der Waals surface area contributed by atoms with Crippen LogP contribution in [0.2, 0.25) is 0 Å². The Morgan fingerprint density at radius 2 is 1.60 bits per heavy atom. The van der Waals surface area contributed by atoms with Gasteiger partial charge in [0.2, 0.25) is 0 Å². The van der Waals surface area contributed by atoms with Gasteiger partial charge in [-0.3, -0.25) is 4.79 Å². The highest BCUT2D eigenvalue weighted by Crippen LogP contribution is 2.25. The lowest BCUT2D eigenvalue weighted by Gasteiger charge is -2.15. The number of carbonyl (C=O) groups excluding carboxylic acids is 1. The number of halogens is 1. The largest absolute Gasteiger partial charge is 0.348 e. The Hall–Kier alpha value is -4.32. The average Bonchev–Trinajstić information content (AvgIpc) is 3.32. The smallest absolute Gasteiger partial charge is 0.270 e. The van der Waals surface area contributed by atoms with Crippen molar-refractivity contribution in [2.45, 2.75) is 25.8 Å². The molecule has 2 aromatic heterocycles. The fourth-order valence-corrected chi connectivity index (χ4v) is 4.09. The maximum atomic E-state index is 14.6. The van der Waals surface area contributed by atoms with Gasteiger partial charge < -0.3 is 5.32 Å². The lowest BCUT2D eigenvalue weighted by atomic mass is 10.1. The number of hydrogen-bond acceptors (Lipinski definition) is 3. The van der Waals surface area contributed by atoms with Crippen molar-refractivity contribution in [3.63, 3.8) is 0 Å². The molecular formula is C29H25FN4O. The first-order chi connectivity index (χ1) is 17.1. The van der Waals surface area contributed by atoms with E-state index >= 15 is 0 Å². The minimum absolute atomic E-state index is 0.0630. The first-order valence-electron chi connectivity index (χ1n) is 11.6. The van der Waals surface area contributed by atoms with Crippen LogP contribution in [0.25, 0.3) is 28.2 Å². The highest BCUT2D eigenvalue weighted by molar-refractivity contribution is 5.94. The van der Waals surface area contributed by atoms with Crippen LogP contribution in [0.3, 0.4) is 0 Å². The van der Waals surface area contributed by atoms with Crippen LogP contribution in [0.1, 0.15) is 29.4 Å². The van der Waals surface area contributed by atoms with Crippen LogP contribution >= 0.6 is 0 Å². The molecule has 0 aliphatic carbocycles. The molecule has 5 rings (SSSR count). The van der Waals surface area contributed by atoms with E-state index in [-0.39, 0.29) is 11.9 Å². The summed E-state index contributed by atoms with van der Waals surface area (Å²) in [7, 11) is 0. The molecule has 0 saturated heterocycles. The third-order valence-electron chi connectivity index (χ3n) is 5.97. The Labute approximate surface area is 203 Å². The summed E-state index contributed by atoms with van der Waals surface area (Å²) in [6.45, 7) is 1.98. The van der Waals surface area contributed by atoms with E-state index in [1.54, 1.807) is 24.3 Å². The molecule has 2 heterocycles. The molecule has 1 atom stereocenters. The number of carbonyl (C=O) groups is 1. The number of amides is 1. The zero-order valence-electron chi connectivity index (χ0n) is 19.4. The summed E-state index contributed by atoms with van der Waals surface area (Å²) in [4.78, 5) is 18.0. The minimum Gasteiger partial charge on any atom is -0.348 e. The van der Waals surface area contributed by atoms with Crippen molar-refractivity contribution in [3.8, 4) is 22.5 Å². The van der Waals surface area contributed by atoms with Crippen LogP contribution in [-0.2, 0) is 6.42 Å². The van der Waals surface area contributed by atoms with Gasteiger partial charge in [-0.15, -0.1) is 0 Å². The SMILES string of the molecule is C[C@@H](CCc1ccccc1)NC(=O)c1cc(-c2ccccc2F)nc2cc(-c3ccccc3)nn12. The second-order valence-electron chi connectivity index (χ2n) is 8.57. The Morgan fingerprint density at radius 3 is 2.34 bits per heavy atom. The van der Waals surface area contributed by atoms with Crippen molar-refractivity contribution in [1.82, 2.24) is 19.9 Å². The molecule has 0 aliphatic heterocycles. The monoisotopic (exact) mass is 464 g/mol. The molecule has 0 bridgehead atoms. The first kappa shape index (κ1) is 22.5. The Morgan fingerprint density at radius 1 is 0.914 bits per heavy atom. The van der Waals surface area contributed by atoms with Gasteiger partial charge >= 0.3 is 0 Å². The number of benzene rings is 3. The van der Waals surface area contributed by atoms with Gasteiger partial charge in [0.05, 0.1) is 11.4 Å². The lowest BCUT2D eigenvalue weighted by molar-refractivity contribution is 0.0931. The van der Waals surface area contributed by atoms with Crippen LogP contribution in [0.5, 0.6) is 0 Å². The molecule has 0 aliphatic rings. The quantitative estimate of drug-likeness (QED) is 0.324. The number of aromatic nitrogens is 3. The molecular weight excluding hydrogens is 439 g/mol. The van der Waals surface area contributed by atoms with E-state index in [1.165, 1.54) is 16.1 Å². The molecule has 174 valence electrons. The van der Waals surface area contributed by atoms with Crippen LogP contribution in [-0.4, -0.2) is 26.5 Å². The van der Waals surface area contributed by atoms with Gasteiger partial charge in [0.25, 0.3) is 5.91 Å². The fourth-order valence-electron chi connectivity index (χ4n) is 4.09. The number of fused-ring (bicyclic) bond motifs is 1. The predicted octanol–water partition coefficient (Wildman–Crippen LogP) is 5.95. The predicted molar refractivity (Wildman–Crippen MR) is 136 cm³/mol. The molecule has 0 fully saturated rings. The molecule has 0 saturated carbocycles. The summed E-state index contributed by atoms with van der Waals surface area (Å²) in [5.41, 5.74) is 4.33. The summed E-state index contributed by atoms with van der Waals surface area (Å²) in [5.74, 6) is -0.673. The zero-order chi connectivity index (χ0) is 24.2. The molecule has 3 aromatic carbocycles. The average molecular weight is 465 g/mol. The van der Waals surface area contributed by atoms with E-state index in [2.05, 4.69) is 27.5 Å². The van der Waals surface area contributed by atoms with Gasteiger partial charge in [-0.2, -0.15) is 5.10 Å². The molecule has 0 spiro atoms. The van der Waals surface area contributed by atoms with Crippen molar-refractivity contribution in [2.75, 3.05) is 0 Å². The highest BCUT2D eigenvalue weighted by atomic mass is 19.1. The van der Waals surface area contributed by atoms with Crippen molar-refractivity contribution in [2.24, 2.45) is 0 Å². The van der Waals surface area contributed by atoms with Gasteiger partial charge in [-0.1, -0.05) is 72.8 Å². The molecule has 0 radical (unpaired) electrons. The fraction of sp³-hybridized carbons (Fsp3) is 0.138. The Kier molecular flexibility index (Phi) is 6.35. The number of nitrogens with zero attached hydrogens (tertiary/aromatic N) is 3. The molecule has 6 heteroatoms. The maximum absolute atomic E-state index is 14.6. The van der Waals surface area contributed by atoms with Gasteiger partial charge in [0, 0.05) is 23.2 Å². The Balaban J connectivity index is 1.50. The molecule has 1 N–H and O–H groups in total. The molecule has 5 aromatic rings. The highest BCUT2D eigenvalue weighted by Gasteiger charge is 2.19. The molecule has 1 amide bonds. The van der Waals surface area contributed by atoms with Crippen LogP contribution in [0.4, 0.5) is 4.39 Å². The topological polar surface area (TPSA) is 59.3 Å². The van der Waals surface area contributed by atoms with Crippen molar-refractivity contribution in [3.05, 3.63) is 114 Å². The molecule has 0 unspecified atom stereocenters. The van der Waals surface area contributed by atoms with E-state index in [0.717, 1.165) is 18.4 Å². The molecule has 5 nitrogen and oxygen atoms in total. The number of rotatable bonds is 7. The van der Waals surface area contributed by atoms with Crippen LogP contribution in [0, 0.1) is 5.82 Å². The Bertz CT molecular complexity index is 1460. The van der Waals surface area contributed by atoms with Crippen LogP contribution in [0.15, 0.2) is 97.1 Å². The number of nitrogens with one attached hydrogen (secondary N) is 1. The minimum atomic E-state index is -0.394. The zero-order valence-corrected chi connectivity index (χ0v) is 19.4. The van der Waals surface area contributed by atoms with E-state index in [1.807, 2.05) is 61.5 Å². The van der Waals surface area contributed by atoms with Gasteiger partial charge in [-0.05, 0) is 43.5 Å². The summed E-state index contributed by atoms with van der Waals surface area (Å²) < 4.78 is 16.1. The standard InChI is InChI=1S/C29H25FN4O/c1-20(16-17-21-10-4-2-5-11-21)31-29(35)27-18-26(23-14-8-9-15-24(23)30)32-28-19-25(33-34(27)28)22-12-6-3-7-13-22/h2-15,18-20H,16-17H2,1H3,(H,31,35)/t20-/m0/s1. The van der Waals surface area contributed by atoms with E-state index in [4.69, 9.17) is 0 Å².